The van der Waals surface area contributed by atoms with E-state index in [2.05, 4.69) is 6.92 Å². The van der Waals surface area contributed by atoms with Gasteiger partial charge in [-0.05, 0) is 86.3 Å². The van der Waals surface area contributed by atoms with Gasteiger partial charge in [0.15, 0.2) is 11.6 Å². The van der Waals surface area contributed by atoms with Crippen LogP contribution >= 0.6 is 0 Å². The van der Waals surface area contributed by atoms with Gasteiger partial charge in [0.2, 0.25) is 0 Å². The topological polar surface area (TPSA) is 46.5 Å². The summed E-state index contributed by atoms with van der Waals surface area (Å²) in [5.74, 6) is 3.25. The summed E-state index contributed by atoms with van der Waals surface area (Å²) in [7, 11) is 0. The van der Waals surface area contributed by atoms with Gasteiger partial charge in [0, 0.05) is 5.92 Å². The molecule has 4 aliphatic rings. The van der Waals surface area contributed by atoms with E-state index in [9.17, 15) is 14.3 Å². The summed E-state index contributed by atoms with van der Waals surface area (Å²) in [6.45, 7) is 2.14. The number of halogens is 1. The average Bonchev–Trinajstić information content (AvgIpc) is 3.34. The SMILES string of the molecule is CCC1(Oc2cc(C(=O)O)ccc2F)CC2CC1C1C3CCC(C3)C21. The maximum absolute atomic E-state index is 14.3. The molecule has 4 heteroatoms. The Hall–Kier alpha value is -1.58. The van der Waals surface area contributed by atoms with E-state index in [4.69, 9.17) is 4.74 Å². The lowest BCUT2D eigenvalue weighted by atomic mass is 9.65. The van der Waals surface area contributed by atoms with Crippen molar-refractivity contribution in [2.75, 3.05) is 0 Å². The molecule has 0 spiro atoms. The second-order valence-corrected chi connectivity index (χ2v) is 8.77. The fourth-order valence-corrected chi connectivity index (χ4v) is 7.23. The summed E-state index contributed by atoms with van der Waals surface area (Å²) in [5, 5.41) is 9.20. The van der Waals surface area contributed by atoms with Gasteiger partial charge in [-0.3, -0.25) is 0 Å². The molecule has 25 heavy (non-hydrogen) atoms. The van der Waals surface area contributed by atoms with Crippen molar-refractivity contribution in [3.63, 3.8) is 0 Å². The van der Waals surface area contributed by atoms with Crippen LogP contribution in [0.5, 0.6) is 5.75 Å². The van der Waals surface area contributed by atoms with Crippen LogP contribution in [0.3, 0.4) is 0 Å². The van der Waals surface area contributed by atoms with E-state index in [1.165, 1.54) is 43.9 Å². The highest BCUT2D eigenvalue weighted by Crippen LogP contribution is 2.70. The first kappa shape index (κ1) is 15.7. The van der Waals surface area contributed by atoms with Gasteiger partial charge < -0.3 is 9.84 Å². The van der Waals surface area contributed by atoms with Gasteiger partial charge in [-0.15, -0.1) is 0 Å². The van der Waals surface area contributed by atoms with Crippen LogP contribution in [0.25, 0.3) is 0 Å². The van der Waals surface area contributed by atoms with Crippen molar-refractivity contribution < 1.29 is 19.0 Å². The number of carboxylic acids is 1. The minimum Gasteiger partial charge on any atom is -0.484 e. The van der Waals surface area contributed by atoms with Gasteiger partial charge in [0.05, 0.1) is 5.56 Å². The van der Waals surface area contributed by atoms with Crippen LogP contribution in [0.2, 0.25) is 0 Å². The highest BCUT2D eigenvalue weighted by Gasteiger charge is 2.67. The molecule has 3 nitrogen and oxygen atoms in total. The van der Waals surface area contributed by atoms with Crippen molar-refractivity contribution in [1.82, 2.24) is 0 Å². The van der Waals surface area contributed by atoms with Crippen LogP contribution in [-0.4, -0.2) is 16.7 Å². The molecule has 7 atom stereocenters. The van der Waals surface area contributed by atoms with Crippen molar-refractivity contribution in [1.29, 1.82) is 0 Å². The van der Waals surface area contributed by atoms with Crippen molar-refractivity contribution in [2.24, 2.45) is 35.5 Å². The Kier molecular flexibility index (Phi) is 3.27. The van der Waals surface area contributed by atoms with Crippen LogP contribution in [0.15, 0.2) is 18.2 Å². The fraction of sp³-hybridized carbons (Fsp3) is 0.667. The Morgan fingerprint density at radius 2 is 2.00 bits per heavy atom. The zero-order chi connectivity index (χ0) is 17.3. The van der Waals surface area contributed by atoms with E-state index >= 15 is 0 Å². The lowest BCUT2D eigenvalue weighted by molar-refractivity contribution is -0.0485. The van der Waals surface area contributed by atoms with Crippen LogP contribution in [0.1, 0.15) is 55.8 Å². The molecule has 0 saturated heterocycles. The molecule has 4 aliphatic carbocycles. The molecule has 134 valence electrons. The van der Waals surface area contributed by atoms with Gasteiger partial charge >= 0.3 is 5.97 Å². The minimum atomic E-state index is -1.04. The Morgan fingerprint density at radius 1 is 1.24 bits per heavy atom. The quantitative estimate of drug-likeness (QED) is 0.802. The van der Waals surface area contributed by atoms with Gasteiger partial charge in [-0.25, -0.2) is 9.18 Å². The molecular weight excluding hydrogens is 319 g/mol. The number of aromatic carboxylic acids is 1. The van der Waals surface area contributed by atoms with Crippen LogP contribution in [0.4, 0.5) is 4.39 Å². The first-order valence-electron chi connectivity index (χ1n) is 9.74. The second kappa shape index (κ2) is 5.21. The highest BCUT2D eigenvalue weighted by atomic mass is 19.1. The Labute approximate surface area is 147 Å². The van der Waals surface area contributed by atoms with E-state index in [-0.39, 0.29) is 16.9 Å². The number of benzene rings is 1. The number of ether oxygens (including phenoxy) is 1. The summed E-state index contributed by atoms with van der Waals surface area (Å²) >= 11 is 0. The number of carboxylic acid groups (broad SMARTS) is 1. The van der Waals surface area contributed by atoms with Crippen LogP contribution < -0.4 is 4.74 Å². The summed E-state index contributed by atoms with van der Waals surface area (Å²) in [6, 6.07) is 3.88. The Bertz CT molecular complexity index is 732. The minimum absolute atomic E-state index is 0.0867. The standard InChI is InChI=1S/C21H25FO3/c1-2-21(25-17-9-13(20(23)24)5-6-16(17)22)10-14-8-15(21)19-12-4-3-11(7-12)18(14)19/h5-6,9,11-12,14-15,18-19H,2-4,7-8,10H2,1H3,(H,23,24). The molecule has 0 amide bonds. The molecule has 1 N–H and O–H groups in total. The molecule has 4 bridgehead atoms. The van der Waals surface area contributed by atoms with Crippen molar-refractivity contribution in [3.8, 4) is 5.75 Å². The molecule has 0 aromatic heterocycles. The number of hydrogen-bond acceptors (Lipinski definition) is 2. The summed E-state index contributed by atoms with van der Waals surface area (Å²) < 4.78 is 20.7. The molecule has 7 unspecified atom stereocenters. The van der Waals surface area contributed by atoms with Gasteiger partial charge in [0.25, 0.3) is 0 Å². The smallest absolute Gasteiger partial charge is 0.335 e. The van der Waals surface area contributed by atoms with E-state index in [1.807, 2.05) is 0 Å². The number of rotatable bonds is 4. The highest BCUT2D eigenvalue weighted by molar-refractivity contribution is 5.88. The fourth-order valence-electron chi connectivity index (χ4n) is 7.23. The van der Waals surface area contributed by atoms with E-state index in [0.717, 1.165) is 42.4 Å². The Morgan fingerprint density at radius 3 is 2.72 bits per heavy atom. The molecule has 1 aromatic carbocycles. The number of hydrogen-bond donors (Lipinski definition) is 1. The molecule has 0 radical (unpaired) electrons. The molecule has 4 saturated carbocycles. The maximum Gasteiger partial charge on any atom is 0.335 e. The zero-order valence-electron chi connectivity index (χ0n) is 14.6. The Balaban J connectivity index is 1.47. The van der Waals surface area contributed by atoms with Crippen LogP contribution in [0, 0.1) is 41.3 Å². The summed E-state index contributed by atoms with van der Waals surface area (Å²) in [4.78, 5) is 11.2. The van der Waals surface area contributed by atoms with E-state index in [0.29, 0.717) is 5.92 Å². The van der Waals surface area contributed by atoms with Gasteiger partial charge in [-0.2, -0.15) is 0 Å². The third kappa shape index (κ3) is 2.06. The number of carbonyl (C=O) groups is 1. The van der Waals surface area contributed by atoms with Crippen molar-refractivity contribution in [3.05, 3.63) is 29.6 Å². The largest absolute Gasteiger partial charge is 0.484 e. The van der Waals surface area contributed by atoms with Gasteiger partial charge in [0.1, 0.15) is 5.60 Å². The van der Waals surface area contributed by atoms with Crippen LogP contribution in [-0.2, 0) is 0 Å². The first-order valence-corrected chi connectivity index (χ1v) is 9.74. The number of fused-ring (bicyclic) bond motifs is 9. The maximum atomic E-state index is 14.3. The monoisotopic (exact) mass is 344 g/mol. The van der Waals surface area contributed by atoms with Gasteiger partial charge in [-0.1, -0.05) is 6.92 Å². The molecule has 5 rings (SSSR count). The third-order valence-corrected chi connectivity index (χ3v) is 7.99. The van der Waals surface area contributed by atoms with Crippen molar-refractivity contribution >= 4 is 5.97 Å². The van der Waals surface area contributed by atoms with E-state index < -0.39 is 11.8 Å². The molecule has 0 heterocycles. The normalized spacial score (nSPS) is 43.4. The molecule has 0 aliphatic heterocycles. The van der Waals surface area contributed by atoms with E-state index in [1.54, 1.807) is 0 Å². The first-order chi connectivity index (χ1) is 12.0. The predicted octanol–water partition coefficient (Wildman–Crippen LogP) is 4.75. The molecular formula is C21H25FO3. The molecule has 1 aromatic rings. The lowest BCUT2D eigenvalue weighted by Gasteiger charge is -2.46. The second-order valence-electron chi connectivity index (χ2n) is 8.77. The summed E-state index contributed by atoms with van der Waals surface area (Å²) in [5.41, 5.74) is -0.225. The van der Waals surface area contributed by atoms with Crippen molar-refractivity contribution in [2.45, 2.75) is 51.0 Å². The zero-order valence-corrected chi connectivity index (χ0v) is 14.6. The molecule has 4 fully saturated rings. The predicted molar refractivity (Wildman–Crippen MR) is 91.0 cm³/mol. The summed E-state index contributed by atoms with van der Waals surface area (Å²) in [6.07, 6.45) is 7.25. The lowest BCUT2D eigenvalue weighted by Crippen LogP contribution is -2.48. The average molecular weight is 344 g/mol. The third-order valence-electron chi connectivity index (χ3n) is 7.99.